The molecule has 0 spiro atoms. The van der Waals surface area contributed by atoms with E-state index in [0.717, 1.165) is 28.8 Å². The van der Waals surface area contributed by atoms with E-state index in [1.807, 2.05) is 75.4 Å². The number of nitrogens with zero attached hydrogens (tertiary/aromatic N) is 2. The fraction of sp³-hybridized carbons (Fsp3) is 0.267. The van der Waals surface area contributed by atoms with Crippen molar-refractivity contribution in [3.63, 3.8) is 0 Å². The predicted octanol–water partition coefficient (Wildman–Crippen LogP) is 7.51. The van der Waals surface area contributed by atoms with Crippen LogP contribution in [0, 0.1) is 12.7 Å². The summed E-state index contributed by atoms with van der Waals surface area (Å²) < 4.78 is 25.2. The Bertz CT molecular complexity index is 1320. The summed E-state index contributed by atoms with van der Waals surface area (Å²) in [5, 5.41) is 0.675. The fourth-order valence-corrected chi connectivity index (χ4v) is 4.90. The highest BCUT2D eigenvalue weighted by atomic mass is 32.2. The van der Waals surface area contributed by atoms with Gasteiger partial charge in [0.25, 0.3) is 5.91 Å². The molecular weight excluding hydrogens is 487 g/mol. The molecule has 1 aliphatic rings. The summed E-state index contributed by atoms with van der Waals surface area (Å²) in [4.78, 5) is 20.6. The number of halogens is 1. The van der Waals surface area contributed by atoms with Crippen molar-refractivity contribution in [3.05, 3.63) is 94.1 Å². The second kappa shape index (κ2) is 12.1. The molecular formula is C30H31FN2O3S. The molecule has 1 amide bonds. The van der Waals surface area contributed by atoms with Gasteiger partial charge in [0.2, 0.25) is 0 Å². The van der Waals surface area contributed by atoms with Crippen molar-refractivity contribution in [2.45, 2.75) is 46.8 Å². The zero-order chi connectivity index (χ0) is 26.4. The summed E-state index contributed by atoms with van der Waals surface area (Å²) >= 11 is 1.38. The molecule has 1 atom stereocenters. The van der Waals surface area contributed by atoms with E-state index >= 15 is 0 Å². The highest BCUT2D eigenvalue weighted by molar-refractivity contribution is 8.18. The Morgan fingerprint density at radius 3 is 2.51 bits per heavy atom. The molecule has 5 nitrogen and oxygen atoms in total. The standard InChI is InChI=1S/C30H31FN2O3S/c1-5-21(4)33-29(34)28(37-30(33)32-25-13-10-20(3)11-14-25)18-22-12-15-26(27(17-22)35-6-2)36-19-23-8-7-9-24(31)16-23/h7-18,21H,5-6,19H2,1-4H3/b28-18+,32-30?/t21-/m0/s1. The number of hydrogen-bond acceptors (Lipinski definition) is 5. The summed E-state index contributed by atoms with van der Waals surface area (Å²) in [6, 6.07) is 19.8. The number of carbonyl (C=O) groups is 1. The maximum atomic E-state index is 13.5. The van der Waals surface area contributed by atoms with E-state index in [9.17, 15) is 9.18 Å². The number of aliphatic imine (C=N–C) groups is 1. The molecule has 192 valence electrons. The number of ether oxygens (including phenoxy) is 2. The van der Waals surface area contributed by atoms with Crippen LogP contribution in [-0.2, 0) is 11.4 Å². The maximum absolute atomic E-state index is 13.5. The van der Waals surface area contributed by atoms with E-state index in [2.05, 4.69) is 6.92 Å². The largest absolute Gasteiger partial charge is 0.490 e. The summed E-state index contributed by atoms with van der Waals surface area (Å²) in [7, 11) is 0. The summed E-state index contributed by atoms with van der Waals surface area (Å²) in [6.07, 6.45) is 2.68. The highest BCUT2D eigenvalue weighted by Gasteiger charge is 2.36. The average Bonchev–Trinajstić information content (AvgIpc) is 3.19. The minimum atomic E-state index is -0.302. The number of amidine groups is 1. The van der Waals surface area contributed by atoms with Gasteiger partial charge in [-0.05, 0) is 92.6 Å². The number of carbonyl (C=O) groups excluding carboxylic acids is 1. The Balaban J connectivity index is 1.60. The van der Waals surface area contributed by atoms with Gasteiger partial charge in [-0.2, -0.15) is 0 Å². The molecule has 3 aromatic rings. The monoisotopic (exact) mass is 518 g/mol. The van der Waals surface area contributed by atoms with Crippen LogP contribution in [0.2, 0.25) is 0 Å². The van der Waals surface area contributed by atoms with Crippen molar-refractivity contribution in [2.24, 2.45) is 4.99 Å². The molecule has 0 aromatic heterocycles. The van der Waals surface area contributed by atoms with Crippen LogP contribution >= 0.6 is 11.8 Å². The molecule has 0 N–H and O–H groups in total. The van der Waals surface area contributed by atoms with Gasteiger partial charge >= 0.3 is 0 Å². The summed E-state index contributed by atoms with van der Waals surface area (Å²) in [6.45, 7) is 8.70. The van der Waals surface area contributed by atoms with Crippen LogP contribution in [0.5, 0.6) is 11.5 Å². The minimum absolute atomic E-state index is 0.0210. The molecule has 7 heteroatoms. The van der Waals surface area contributed by atoms with Crippen molar-refractivity contribution in [3.8, 4) is 11.5 Å². The predicted molar refractivity (Wildman–Crippen MR) is 149 cm³/mol. The zero-order valence-corrected chi connectivity index (χ0v) is 22.3. The first-order valence-electron chi connectivity index (χ1n) is 12.4. The molecule has 1 aliphatic heterocycles. The molecule has 1 heterocycles. The average molecular weight is 519 g/mol. The smallest absolute Gasteiger partial charge is 0.266 e. The van der Waals surface area contributed by atoms with Crippen LogP contribution < -0.4 is 9.47 Å². The first-order chi connectivity index (χ1) is 17.9. The van der Waals surface area contributed by atoms with Crippen LogP contribution in [0.25, 0.3) is 6.08 Å². The van der Waals surface area contributed by atoms with E-state index in [1.165, 1.54) is 23.9 Å². The number of amides is 1. The number of aryl methyl sites for hydroxylation is 1. The third-order valence-electron chi connectivity index (χ3n) is 5.98. The lowest BCUT2D eigenvalue weighted by atomic mass is 10.1. The van der Waals surface area contributed by atoms with Crippen LogP contribution in [0.1, 0.15) is 43.9 Å². The van der Waals surface area contributed by atoms with Gasteiger partial charge < -0.3 is 9.47 Å². The molecule has 0 radical (unpaired) electrons. The van der Waals surface area contributed by atoms with E-state index in [1.54, 1.807) is 11.0 Å². The summed E-state index contributed by atoms with van der Waals surface area (Å²) in [5.41, 5.74) is 3.52. The molecule has 0 unspecified atom stereocenters. The quantitative estimate of drug-likeness (QED) is 0.275. The molecule has 37 heavy (non-hydrogen) atoms. The van der Waals surface area contributed by atoms with Gasteiger partial charge in [-0.1, -0.05) is 42.8 Å². The SMILES string of the molecule is CCOc1cc(/C=C2/SC(=Nc3ccc(C)cc3)N([C@@H](C)CC)C2=O)ccc1OCc1cccc(F)c1. The molecule has 0 saturated carbocycles. The van der Waals surface area contributed by atoms with Gasteiger partial charge in [-0.15, -0.1) is 0 Å². The van der Waals surface area contributed by atoms with Gasteiger partial charge in [0, 0.05) is 6.04 Å². The molecule has 3 aromatic carbocycles. The number of hydrogen-bond donors (Lipinski definition) is 0. The minimum Gasteiger partial charge on any atom is -0.490 e. The lowest BCUT2D eigenvalue weighted by Crippen LogP contribution is -2.36. The van der Waals surface area contributed by atoms with Gasteiger partial charge in [-0.25, -0.2) is 9.38 Å². The van der Waals surface area contributed by atoms with Gasteiger partial charge in [-0.3, -0.25) is 9.69 Å². The van der Waals surface area contributed by atoms with Crippen molar-refractivity contribution in [2.75, 3.05) is 6.61 Å². The van der Waals surface area contributed by atoms with E-state index in [-0.39, 0.29) is 24.4 Å². The van der Waals surface area contributed by atoms with Crippen LogP contribution in [0.3, 0.4) is 0 Å². The van der Waals surface area contributed by atoms with Crippen molar-refractivity contribution in [1.29, 1.82) is 0 Å². The third kappa shape index (κ3) is 6.60. The Kier molecular flexibility index (Phi) is 8.66. The fourth-order valence-electron chi connectivity index (χ4n) is 3.81. The highest BCUT2D eigenvalue weighted by Crippen LogP contribution is 2.37. The van der Waals surface area contributed by atoms with Crippen molar-refractivity contribution < 1.29 is 18.7 Å². The van der Waals surface area contributed by atoms with Crippen molar-refractivity contribution >= 4 is 34.6 Å². The third-order valence-corrected chi connectivity index (χ3v) is 6.96. The molecule has 0 aliphatic carbocycles. The topological polar surface area (TPSA) is 51.1 Å². The second-order valence-electron chi connectivity index (χ2n) is 8.83. The lowest BCUT2D eigenvalue weighted by Gasteiger charge is -2.22. The Morgan fingerprint density at radius 2 is 1.81 bits per heavy atom. The Morgan fingerprint density at radius 1 is 1.03 bits per heavy atom. The first-order valence-corrected chi connectivity index (χ1v) is 13.2. The first kappa shape index (κ1) is 26.5. The zero-order valence-electron chi connectivity index (χ0n) is 21.5. The number of benzene rings is 3. The Labute approximate surface area is 222 Å². The number of thioether (sulfide) groups is 1. The van der Waals surface area contributed by atoms with Crippen LogP contribution in [0.15, 0.2) is 76.6 Å². The van der Waals surface area contributed by atoms with Gasteiger partial charge in [0.1, 0.15) is 12.4 Å². The van der Waals surface area contributed by atoms with E-state index < -0.39 is 0 Å². The van der Waals surface area contributed by atoms with Crippen LogP contribution in [-0.4, -0.2) is 28.6 Å². The second-order valence-corrected chi connectivity index (χ2v) is 9.84. The molecule has 1 fully saturated rings. The molecule has 1 saturated heterocycles. The van der Waals surface area contributed by atoms with E-state index in [0.29, 0.717) is 28.2 Å². The van der Waals surface area contributed by atoms with Gasteiger partial charge in [0.05, 0.1) is 17.2 Å². The van der Waals surface area contributed by atoms with E-state index in [4.69, 9.17) is 14.5 Å². The van der Waals surface area contributed by atoms with Crippen molar-refractivity contribution in [1.82, 2.24) is 4.90 Å². The normalized spacial score (nSPS) is 16.5. The molecule has 0 bridgehead atoms. The summed E-state index contributed by atoms with van der Waals surface area (Å²) in [5.74, 6) is 0.760. The Hall–Kier alpha value is -3.58. The molecule has 4 rings (SSSR count). The number of rotatable bonds is 9. The van der Waals surface area contributed by atoms with Gasteiger partial charge in [0.15, 0.2) is 16.7 Å². The maximum Gasteiger partial charge on any atom is 0.266 e. The van der Waals surface area contributed by atoms with Crippen LogP contribution in [0.4, 0.5) is 10.1 Å². The lowest BCUT2D eigenvalue weighted by molar-refractivity contribution is -0.123.